The molecule has 0 aliphatic carbocycles. The number of carbonyl (C=O) groups is 1. The van der Waals surface area contributed by atoms with E-state index in [9.17, 15) is 9.18 Å². The second kappa shape index (κ2) is 7.53. The quantitative estimate of drug-likeness (QED) is 0.909. The minimum Gasteiger partial charge on any atom is -0.356 e. The molecule has 0 radical (unpaired) electrons. The number of rotatable bonds is 5. The largest absolute Gasteiger partial charge is 0.356 e. The van der Waals surface area contributed by atoms with Crippen molar-refractivity contribution in [1.29, 1.82) is 0 Å². The van der Waals surface area contributed by atoms with Gasteiger partial charge in [-0.1, -0.05) is 5.16 Å². The molecule has 1 aliphatic heterocycles. The lowest BCUT2D eigenvalue weighted by Crippen LogP contribution is -2.42. The zero-order chi connectivity index (χ0) is 16.9. The van der Waals surface area contributed by atoms with Crippen molar-refractivity contribution in [1.82, 2.24) is 20.4 Å². The summed E-state index contributed by atoms with van der Waals surface area (Å²) in [6.45, 7) is 4.70. The first kappa shape index (κ1) is 16.6. The third kappa shape index (κ3) is 3.97. The van der Waals surface area contributed by atoms with E-state index in [4.69, 9.17) is 4.52 Å². The monoisotopic (exact) mass is 332 g/mol. The SMILES string of the molecule is CCNC(=O)C1CCCN(Cc2nc(-c3ccc(F)cc3)no2)C1. The van der Waals surface area contributed by atoms with E-state index < -0.39 is 0 Å². The Bertz CT molecular complexity index is 686. The van der Waals surface area contributed by atoms with Gasteiger partial charge in [0.1, 0.15) is 5.82 Å². The summed E-state index contributed by atoms with van der Waals surface area (Å²) < 4.78 is 18.3. The van der Waals surface area contributed by atoms with Crippen molar-refractivity contribution in [3.63, 3.8) is 0 Å². The van der Waals surface area contributed by atoms with Crippen molar-refractivity contribution in [3.05, 3.63) is 36.0 Å². The smallest absolute Gasteiger partial charge is 0.241 e. The van der Waals surface area contributed by atoms with Crippen LogP contribution in [0, 0.1) is 11.7 Å². The predicted molar refractivity (Wildman–Crippen MR) is 86.4 cm³/mol. The molecule has 1 saturated heterocycles. The summed E-state index contributed by atoms with van der Waals surface area (Å²) >= 11 is 0. The third-order valence-electron chi connectivity index (χ3n) is 4.16. The lowest BCUT2D eigenvalue weighted by molar-refractivity contribution is -0.126. The molecule has 1 amide bonds. The standard InChI is InChI=1S/C17H21FN4O2/c1-2-19-17(23)13-4-3-9-22(10-13)11-15-20-16(21-24-15)12-5-7-14(18)8-6-12/h5-8,13H,2-4,9-11H2,1H3,(H,19,23). The van der Waals surface area contributed by atoms with Crippen LogP contribution in [0.1, 0.15) is 25.7 Å². The fourth-order valence-corrected chi connectivity index (χ4v) is 2.96. The molecule has 0 spiro atoms. The molecule has 1 fully saturated rings. The van der Waals surface area contributed by atoms with Gasteiger partial charge < -0.3 is 9.84 Å². The molecule has 2 heterocycles. The van der Waals surface area contributed by atoms with Crippen molar-refractivity contribution < 1.29 is 13.7 Å². The van der Waals surface area contributed by atoms with Crippen LogP contribution in [0.5, 0.6) is 0 Å². The van der Waals surface area contributed by atoms with Crippen LogP contribution < -0.4 is 5.32 Å². The second-order valence-corrected chi connectivity index (χ2v) is 5.99. The molecular formula is C17H21FN4O2. The first-order chi connectivity index (χ1) is 11.7. The summed E-state index contributed by atoms with van der Waals surface area (Å²) in [6, 6.07) is 5.98. The predicted octanol–water partition coefficient (Wildman–Crippen LogP) is 2.22. The zero-order valence-corrected chi connectivity index (χ0v) is 13.7. The minimum absolute atomic E-state index is 0.0122. The molecular weight excluding hydrogens is 311 g/mol. The van der Waals surface area contributed by atoms with Gasteiger partial charge in [-0.05, 0) is 50.6 Å². The number of nitrogens with one attached hydrogen (secondary N) is 1. The Kier molecular flexibility index (Phi) is 5.20. The number of likely N-dealkylation sites (tertiary alicyclic amines) is 1. The molecule has 24 heavy (non-hydrogen) atoms. The highest BCUT2D eigenvalue weighted by Gasteiger charge is 2.26. The van der Waals surface area contributed by atoms with Gasteiger partial charge >= 0.3 is 0 Å². The molecule has 1 unspecified atom stereocenters. The number of hydrogen-bond donors (Lipinski definition) is 1. The van der Waals surface area contributed by atoms with Gasteiger partial charge in [0.25, 0.3) is 0 Å². The van der Waals surface area contributed by atoms with Crippen LogP contribution in [-0.2, 0) is 11.3 Å². The van der Waals surface area contributed by atoms with Crippen LogP contribution in [-0.4, -0.2) is 40.6 Å². The van der Waals surface area contributed by atoms with E-state index in [1.165, 1.54) is 12.1 Å². The summed E-state index contributed by atoms with van der Waals surface area (Å²) in [5, 5.41) is 6.83. The summed E-state index contributed by atoms with van der Waals surface area (Å²) in [6.07, 6.45) is 1.88. The highest BCUT2D eigenvalue weighted by atomic mass is 19.1. The molecule has 0 saturated carbocycles. The first-order valence-electron chi connectivity index (χ1n) is 8.24. The Morgan fingerprint density at radius 1 is 1.42 bits per heavy atom. The molecule has 2 aromatic rings. The Labute approximate surface area is 140 Å². The summed E-state index contributed by atoms with van der Waals surface area (Å²) in [4.78, 5) is 18.5. The van der Waals surface area contributed by atoms with Crippen molar-refractivity contribution >= 4 is 5.91 Å². The normalized spacial score (nSPS) is 18.5. The van der Waals surface area contributed by atoms with Crippen LogP contribution >= 0.6 is 0 Å². The zero-order valence-electron chi connectivity index (χ0n) is 13.7. The van der Waals surface area contributed by atoms with E-state index >= 15 is 0 Å². The number of nitrogens with zero attached hydrogens (tertiary/aromatic N) is 3. The van der Waals surface area contributed by atoms with Crippen molar-refractivity contribution in [2.24, 2.45) is 5.92 Å². The van der Waals surface area contributed by atoms with Crippen LogP contribution in [0.3, 0.4) is 0 Å². The molecule has 128 valence electrons. The molecule has 1 N–H and O–H groups in total. The maximum absolute atomic E-state index is 13.0. The van der Waals surface area contributed by atoms with Crippen LogP contribution in [0.4, 0.5) is 4.39 Å². The number of amides is 1. The lowest BCUT2D eigenvalue weighted by atomic mass is 9.97. The van der Waals surface area contributed by atoms with Gasteiger partial charge in [-0.15, -0.1) is 0 Å². The van der Waals surface area contributed by atoms with E-state index in [0.717, 1.165) is 19.4 Å². The van der Waals surface area contributed by atoms with E-state index in [-0.39, 0.29) is 17.6 Å². The Hall–Kier alpha value is -2.28. The average Bonchev–Trinajstić information content (AvgIpc) is 3.04. The molecule has 7 heteroatoms. The Morgan fingerprint density at radius 3 is 2.96 bits per heavy atom. The van der Waals surface area contributed by atoms with Crippen molar-refractivity contribution in [2.45, 2.75) is 26.3 Å². The van der Waals surface area contributed by atoms with E-state index in [2.05, 4.69) is 20.4 Å². The molecule has 6 nitrogen and oxygen atoms in total. The van der Waals surface area contributed by atoms with Crippen LogP contribution in [0.15, 0.2) is 28.8 Å². The number of carbonyl (C=O) groups excluding carboxylic acids is 1. The van der Waals surface area contributed by atoms with Crippen LogP contribution in [0.2, 0.25) is 0 Å². The van der Waals surface area contributed by atoms with Gasteiger partial charge in [-0.3, -0.25) is 9.69 Å². The number of piperidine rings is 1. The van der Waals surface area contributed by atoms with Gasteiger partial charge in [-0.2, -0.15) is 4.98 Å². The fourth-order valence-electron chi connectivity index (χ4n) is 2.96. The lowest BCUT2D eigenvalue weighted by Gasteiger charge is -2.30. The number of hydrogen-bond acceptors (Lipinski definition) is 5. The van der Waals surface area contributed by atoms with Crippen molar-refractivity contribution in [2.75, 3.05) is 19.6 Å². The first-order valence-corrected chi connectivity index (χ1v) is 8.24. The molecule has 1 aromatic heterocycles. The topological polar surface area (TPSA) is 71.3 Å². The molecule has 0 bridgehead atoms. The molecule has 1 atom stereocenters. The van der Waals surface area contributed by atoms with Gasteiger partial charge in [0.05, 0.1) is 12.5 Å². The van der Waals surface area contributed by atoms with Gasteiger partial charge in [0.2, 0.25) is 17.6 Å². The van der Waals surface area contributed by atoms with Gasteiger partial charge in [0.15, 0.2) is 0 Å². The van der Waals surface area contributed by atoms with E-state index in [1.807, 2.05) is 6.92 Å². The second-order valence-electron chi connectivity index (χ2n) is 5.99. The maximum Gasteiger partial charge on any atom is 0.241 e. The number of halogens is 1. The van der Waals surface area contributed by atoms with Crippen molar-refractivity contribution in [3.8, 4) is 11.4 Å². The third-order valence-corrected chi connectivity index (χ3v) is 4.16. The molecule has 3 rings (SSSR count). The average molecular weight is 332 g/mol. The highest BCUT2D eigenvalue weighted by molar-refractivity contribution is 5.78. The van der Waals surface area contributed by atoms with E-state index in [1.54, 1.807) is 12.1 Å². The highest BCUT2D eigenvalue weighted by Crippen LogP contribution is 2.20. The molecule has 1 aliphatic rings. The van der Waals surface area contributed by atoms with Gasteiger partial charge in [-0.25, -0.2) is 4.39 Å². The maximum atomic E-state index is 13.0. The van der Waals surface area contributed by atoms with Crippen LogP contribution in [0.25, 0.3) is 11.4 Å². The fraction of sp³-hybridized carbons (Fsp3) is 0.471. The molecule has 1 aromatic carbocycles. The van der Waals surface area contributed by atoms with Gasteiger partial charge in [0, 0.05) is 18.7 Å². The number of aromatic nitrogens is 2. The minimum atomic E-state index is -0.299. The Morgan fingerprint density at radius 2 is 2.21 bits per heavy atom. The van der Waals surface area contributed by atoms with E-state index in [0.29, 0.717) is 36.9 Å². The Balaban J connectivity index is 1.62. The summed E-state index contributed by atoms with van der Waals surface area (Å²) in [5.74, 6) is 0.776. The summed E-state index contributed by atoms with van der Waals surface area (Å²) in [7, 11) is 0. The summed E-state index contributed by atoms with van der Waals surface area (Å²) in [5.41, 5.74) is 0.713. The number of benzene rings is 1.